The predicted molar refractivity (Wildman–Crippen MR) is 116 cm³/mol. The van der Waals surface area contributed by atoms with Crippen molar-refractivity contribution in [2.24, 2.45) is 11.3 Å². The summed E-state index contributed by atoms with van der Waals surface area (Å²) in [6.07, 6.45) is 4.20. The quantitative estimate of drug-likeness (QED) is 0.711. The Labute approximate surface area is 181 Å². The van der Waals surface area contributed by atoms with Crippen LogP contribution in [0.5, 0.6) is 0 Å². The van der Waals surface area contributed by atoms with Gasteiger partial charge in [-0.15, -0.1) is 0 Å². The third kappa shape index (κ3) is 3.90. The van der Waals surface area contributed by atoms with Crippen LogP contribution in [-0.2, 0) is 26.4 Å². The van der Waals surface area contributed by atoms with Gasteiger partial charge in [-0.2, -0.15) is 0 Å². The van der Waals surface area contributed by atoms with E-state index in [0.717, 1.165) is 30.8 Å². The van der Waals surface area contributed by atoms with Crippen LogP contribution in [0.3, 0.4) is 0 Å². The first kappa shape index (κ1) is 20.4. The van der Waals surface area contributed by atoms with Crippen LogP contribution in [0, 0.1) is 11.3 Å². The highest BCUT2D eigenvalue weighted by atomic mass is 32.7. The zero-order chi connectivity index (χ0) is 20.9. The first-order chi connectivity index (χ1) is 14.4. The molecule has 30 heavy (non-hydrogen) atoms. The van der Waals surface area contributed by atoms with Gasteiger partial charge in [0.25, 0.3) is 0 Å². The number of morpholine rings is 1. The van der Waals surface area contributed by atoms with Crippen molar-refractivity contribution in [3.63, 3.8) is 0 Å². The number of urea groups is 1. The van der Waals surface area contributed by atoms with Gasteiger partial charge in [0.05, 0.1) is 22.6 Å². The Morgan fingerprint density at radius 3 is 2.67 bits per heavy atom. The number of fused-ring (bicyclic) bond motifs is 1. The second-order valence-corrected chi connectivity index (χ2v) is 11.7. The Morgan fingerprint density at radius 2 is 1.97 bits per heavy atom. The van der Waals surface area contributed by atoms with Gasteiger partial charge in [-0.05, 0) is 57.7 Å². The third-order valence-corrected chi connectivity index (χ3v) is 8.59. The molecule has 1 aliphatic carbocycles. The van der Waals surface area contributed by atoms with Gasteiger partial charge in [-0.1, -0.05) is 12.1 Å². The molecule has 0 aromatic heterocycles. The lowest BCUT2D eigenvalue weighted by molar-refractivity contribution is -0.140. The summed E-state index contributed by atoms with van der Waals surface area (Å²) in [5.74, 6) is 0.574. The summed E-state index contributed by atoms with van der Waals surface area (Å²) in [6.45, 7) is 3.06. The fourth-order valence-electron chi connectivity index (χ4n) is 5.63. The SMILES string of the molecule is O=C1CO[C@H]2CCN(C(=O)N3CC4(CC(Cc5ccc(S(=O)P)cc5)C4)C3)C[C@H]2N1. The second kappa shape index (κ2) is 7.88. The largest absolute Gasteiger partial charge is 0.366 e. The van der Waals surface area contributed by atoms with Gasteiger partial charge in [-0.3, -0.25) is 9.00 Å². The number of hydrogen-bond acceptors (Lipinski definition) is 4. The van der Waals surface area contributed by atoms with E-state index in [-0.39, 0.29) is 30.7 Å². The fraction of sp³-hybridized carbons (Fsp3) is 0.619. The Balaban J connectivity index is 1.08. The van der Waals surface area contributed by atoms with Gasteiger partial charge in [0.15, 0.2) is 0 Å². The van der Waals surface area contributed by atoms with Crippen LogP contribution in [-0.4, -0.2) is 70.9 Å². The molecule has 162 valence electrons. The normalized spacial score (nSPS) is 28.9. The molecule has 3 saturated heterocycles. The van der Waals surface area contributed by atoms with Gasteiger partial charge in [0, 0.05) is 36.5 Å². The number of ether oxygens (including phenoxy) is 1. The lowest BCUT2D eigenvalue weighted by Gasteiger charge is -2.60. The first-order valence-corrected chi connectivity index (χ1v) is 13.2. The molecule has 1 N–H and O–H groups in total. The summed E-state index contributed by atoms with van der Waals surface area (Å²) in [7, 11) is 1.31. The number of hydrogen-bond donors (Lipinski definition) is 1. The van der Waals surface area contributed by atoms with E-state index in [1.807, 2.05) is 21.9 Å². The van der Waals surface area contributed by atoms with Gasteiger partial charge in [0.1, 0.15) is 6.61 Å². The molecule has 3 heterocycles. The lowest BCUT2D eigenvalue weighted by Crippen LogP contribution is -2.68. The molecule has 3 aliphatic heterocycles. The van der Waals surface area contributed by atoms with E-state index in [1.165, 1.54) is 18.4 Å². The van der Waals surface area contributed by atoms with Crippen LogP contribution >= 0.6 is 8.44 Å². The minimum atomic E-state index is -1.01. The van der Waals surface area contributed by atoms with E-state index in [1.54, 1.807) is 0 Å². The molecule has 5 rings (SSSR count). The minimum absolute atomic E-state index is 0.0343. The molecule has 4 fully saturated rings. The van der Waals surface area contributed by atoms with Crippen LogP contribution in [0.15, 0.2) is 29.2 Å². The summed E-state index contributed by atoms with van der Waals surface area (Å²) >= 11 is 0. The highest BCUT2D eigenvalue weighted by molar-refractivity contribution is 8.33. The summed E-state index contributed by atoms with van der Waals surface area (Å²) in [5, 5.41) is 2.96. The van der Waals surface area contributed by atoms with E-state index in [0.29, 0.717) is 24.4 Å². The number of nitrogens with one attached hydrogen (secondary N) is 1. The van der Waals surface area contributed by atoms with E-state index in [2.05, 4.69) is 25.9 Å². The van der Waals surface area contributed by atoms with Crippen molar-refractivity contribution in [3.8, 4) is 0 Å². The van der Waals surface area contributed by atoms with Crippen LogP contribution in [0.2, 0.25) is 0 Å². The Bertz CT molecular complexity index is 866. The van der Waals surface area contributed by atoms with E-state index in [9.17, 15) is 13.8 Å². The van der Waals surface area contributed by atoms with Crippen LogP contribution in [0.1, 0.15) is 24.8 Å². The maximum Gasteiger partial charge on any atom is 0.320 e. The average molecular weight is 450 g/mol. The molecule has 9 heteroatoms. The molecule has 2 unspecified atom stereocenters. The molecule has 0 bridgehead atoms. The molecule has 4 atom stereocenters. The number of benzene rings is 1. The standard InChI is InChI=1S/C21H28N3O4PS/c25-19-11-28-18-5-6-23(10-17(18)22-19)20(26)24-12-21(13-24)8-15(9-21)7-14-1-3-16(4-2-14)30(27)29/h1-4,15,17-18H,5-13,29H2,(H,22,25)/t17-,18+,30?/m1/s1. The van der Waals surface area contributed by atoms with E-state index in [4.69, 9.17) is 4.74 Å². The second-order valence-electron chi connectivity index (χ2n) is 9.32. The minimum Gasteiger partial charge on any atom is -0.366 e. The van der Waals surface area contributed by atoms with Crippen LogP contribution in [0.25, 0.3) is 0 Å². The van der Waals surface area contributed by atoms with Crippen molar-refractivity contribution in [3.05, 3.63) is 29.8 Å². The molecule has 7 nitrogen and oxygen atoms in total. The highest BCUT2D eigenvalue weighted by Gasteiger charge is 2.54. The lowest BCUT2D eigenvalue weighted by atomic mass is 9.56. The average Bonchev–Trinajstić information content (AvgIpc) is 2.68. The summed E-state index contributed by atoms with van der Waals surface area (Å²) in [4.78, 5) is 29.1. The first-order valence-electron chi connectivity index (χ1n) is 10.6. The van der Waals surface area contributed by atoms with Crippen LogP contribution < -0.4 is 5.32 Å². The van der Waals surface area contributed by atoms with Crippen LogP contribution in [0.4, 0.5) is 4.79 Å². The number of piperidine rings is 1. The molecule has 1 saturated carbocycles. The summed E-state index contributed by atoms with van der Waals surface area (Å²) in [5.41, 5.74) is 1.60. The number of carbonyl (C=O) groups excluding carboxylic acids is 2. The zero-order valence-corrected chi connectivity index (χ0v) is 18.9. The highest BCUT2D eigenvalue weighted by Crippen LogP contribution is 2.53. The number of amides is 3. The molecule has 1 aromatic rings. The van der Waals surface area contributed by atoms with Crippen molar-refractivity contribution >= 4 is 30.8 Å². The van der Waals surface area contributed by atoms with Crippen molar-refractivity contribution in [1.82, 2.24) is 15.1 Å². The molecule has 4 aliphatic rings. The Kier molecular flexibility index (Phi) is 5.36. The van der Waals surface area contributed by atoms with Gasteiger partial charge >= 0.3 is 6.03 Å². The molecule has 1 spiro atoms. The smallest absolute Gasteiger partial charge is 0.320 e. The van der Waals surface area contributed by atoms with Crippen molar-refractivity contribution in [2.75, 3.05) is 32.8 Å². The maximum atomic E-state index is 12.9. The number of nitrogens with zero attached hydrogens (tertiary/aromatic N) is 2. The number of likely N-dealkylation sites (tertiary alicyclic amines) is 2. The molecule has 1 aromatic carbocycles. The fourth-order valence-corrected chi connectivity index (χ4v) is 6.51. The predicted octanol–water partition coefficient (Wildman–Crippen LogP) is 1.55. The molecular formula is C21H28N3O4PS. The monoisotopic (exact) mass is 449 g/mol. The van der Waals surface area contributed by atoms with E-state index >= 15 is 0 Å². The topological polar surface area (TPSA) is 79.0 Å². The van der Waals surface area contributed by atoms with Crippen molar-refractivity contribution in [2.45, 2.75) is 42.7 Å². The van der Waals surface area contributed by atoms with Gasteiger partial charge < -0.3 is 19.9 Å². The van der Waals surface area contributed by atoms with E-state index < -0.39 is 10.4 Å². The summed E-state index contributed by atoms with van der Waals surface area (Å²) < 4.78 is 17.1. The maximum absolute atomic E-state index is 12.9. The number of carbonyl (C=O) groups is 2. The molecular weight excluding hydrogens is 421 g/mol. The summed E-state index contributed by atoms with van der Waals surface area (Å²) in [6, 6.07) is 8.07. The third-order valence-electron chi connectivity index (χ3n) is 7.04. The van der Waals surface area contributed by atoms with Gasteiger partial charge in [-0.25, -0.2) is 4.79 Å². The number of rotatable bonds is 3. The van der Waals surface area contributed by atoms with Gasteiger partial charge in [0.2, 0.25) is 5.91 Å². The Morgan fingerprint density at radius 1 is 1.23 bits per heavy atom. The Hall–Kier alpha value is -1.50. The van der Waals surface area contributed by atoms with Crippen molar-refractivity contribution < 1.29 is 18.5 Å². The molecule has 0 radical (unpaired) electrons. The zero-order valence-electron chi connectivity index (χ0n) is 16.9. The molecule has 3 amide bonds. The van der Waals surface area contributed by atoms with Crippen molar-refractivity contribution in [1.29, 1.82) is 0 Å².